The van der Waals surface area contributed by atoms with E-state index >= 15 is 4.39 Å². The average molecular weight is 503 g/mol. The summed E-state index contributed by atoms with van der Waals surface area (Å²) >= 11 is 0. The summed E-state index contributed by atoms with van der Waals surface area (Å²) < 4.78 is 15.1. The van der Waals surface area contributed by atoms with Crippen LogP contribution in [0.25, 0.3) is 0 Å². The summed E-state index contributed by atoms with van der Waals surface area (Å²) in [5, 5.41) is 8.57. The SMILES string of the molecule is CCNC(=O)C(c1ccccc1)C1CCN(c2ccc(NC(=O)Nc3c(C)cccc3C)cc2F)CC1. The van der Waals surface area contributed by atoms with Gasteiger partial charge in [-0.2, -0.15) is 0 Å². The van der Waals surface area contributed by atoms with Gasteiger partial charge in [-0.25, -0.2) is 9.18 Å². The molecule has 1 atom stereocenters. The number of urea groups is 1. The number of para-hydroxylation sites is 1. The molecule has 6 nitrogen and oxygen atoms in total. The van der Waals surface area contributed by atoms with E-state index in [2.05, 4.69) is 16.0 Å². The lowest BCUT2D eigenvalue weighted by atomic mass is 9.79. The van der Waals surface area contributed by atoms with E-state index < -0.39 is 6.03 Å². The lowest BCUT2D eigenvalue weighted by Gasteiger charge is -2.37. The Hall–Kier alpha value is -3.87. The predicted molar refractivity (Wildman–Crippen MR) is 148 cm³/mol. The third-order valence-electron chi connectivity index (χ3n) is 7.07. The van der Waals surface area contributed by atoms with Crippen molar-refractivity contribution in [3.05, 3.63) is 89.2 Å². The number of rotatable bonds is 7. The van der Waals surface area contributed by atoms with Crippen molar-refractivity contribution in [3.8, 4) is 0 Å². The van der Waals surface area contributed by atoms with Crippen molar-refractivity contribution in [1.82, 2.24) is 5.32 Å². The highest BCUT2D eigenvalue weighted by molar-refractivity contribution is 6.00. The Kier molecular flexibility index (Phi) is 8.43. The number of nitrogens with zero attached hydrogens (tertiary/aromatic N) is 1. The molecule has 3 amide bonds. The molecule has 0 bridgehead atoms. The van der Waals surface area contributed by atoms with Gasteiger partial charge < -0.3 is 20.9 Å². The summed E-state index contributed by atoms with van der Waals surface area (Å²) in [4.78, 5) is 27.4. The smallest absolute Gasteiger partial charge is 0.323 e. The second-order valence-electron chi connectivity index (χ2n) is 9.62. The van der Waals surface area contributed by atoms with E-state index in [0.29, 0.717) is 31.0 Å². The van der Waals surface area contributed by atoms with Gasteiger partial charge in [0.15, 0.2) is 0 Å². The zero-order valence-electron chi connectivity index (χ0n) is 21.7. The Bertz CT molecular complexity index is 1220. The zero-order valence-corrected chi connectivity index (χ0v) is 21.7. The molecule has 0 aliphatic carbocycles. The molecule has 0 saturated carbocycles. The number of benzene rings is 3. The molecule has 1 unspecified atom stereocenters. The molecule has 0 aromatic heterocycles. The van der Waals surface area contributed by atoms with Crippen molar-refractivity contribution in [3.63, 3.8) is 0 Å². The summed E-state index contributed by atoms with van der Waals surface area (Å²) in [6.45, 7) is 7.69. The summed E-state index contributed by atoms with van der Waals surface area (Å²) in [6, 6.07) is 20.1. The third kappa shape index (κ3) is 6.28. The van der Waals surface area contributed by atoms with Crippen LogP contribution in [0.1, 0.15) is 42.4 Å². The van der Waals surface area contributed by atoms with Crippen LogP contribution in [0.5, 0.6) is 0 Å². The minimum absolute atomic E-state index is 0.0490. The van der Waals surface area contributed by atoms with Crippen molar-refractivity contribution in [2.24, 2.45) is 5.92 Å². The second-order valence-corrected chi connectivity index (χ2v) is 9.62. The van der Waals surface area contributed by atoms with Crippen LogP contribution in [0.15, 0.2) is 66.7 Å². The van der Waals surface area contributed by atoms with Crippen molar-refractivity contribution in [2.75, 3.05) is 35.2 Å². The minimum atomic E-state index is -0.414. The van der Waals surface area contributed by atoms with Gasteiger partial charge in [0, 0.05) is 31.0 Å². The van der Waals surface area contributed by atoms with Crippen LogP contribution >= 0.6 is 0 Å². The van der Waals surface area contributed by atoms with E-state index in [-0.39, 0.29) is 23.6 Å². The molecule has 4 rings (SSSR count). The van der Waals surface area contributed by atoms with Crippen LogP contribution in [-0.2, 0) is 4.79 Å². The van der Waals surface area contributed by atoms with E-state index in [1.807, 2.05) is 74.2 Å². The fourth-order valence-electron chi connectivity index (χ4n) is 5.18. The lowest BCUT2D eigenvalue weighted by Crippen LogP contribution is -2.40. The van der Waals surface area contributed by atoms with Gasteiger partial charge in [0.05, 0.1) is 11.6 Å². The van der Waals surface area contributed by atoms with Crippen molar-refractivity contribution in [1.29, 1.82) is 0 Å². The van der Waals surface area contributed by atoms with Gasteiger partial charge in [-0.15, -0.1) is 0 Å². The van der Waals surface area contributed by atoms with E-state index in [9.17, 15) is 9.59 Å². The third-order valence-corrected chi connectivity index (χ3v) is 7.07. The number of carbonyl (C=O) groups excluding carboxylic acids is 2. The summed E-state index contributed by atoms with van der Waals surface area (Å²) in [7, 11) is 0. The van der Waals surface area contributed by atoms with Gasteiger partial charge in [-0.1, -0.05) is 48.5 Å². The van der Waals surface area contributed by atoms with E-state index in [1.165, 1.54) is 6.07 Å². The Balaban J connectivity index is 1.39. The Morgan fingerprint density at radius 2 is 1.62 bits per heavy atom. The molecule has 1 aliphatic rings. The summed E-state index contributed by atoms with van der Waals surface area (Å²) in [5.41, 5.74) is 4.59. The molecule has 3 N–H and O–H groups in total. The zero-order chi connectivity index (χ0) is 26.4. The molecule has 7 heteroatoms. The van der Waals surface area contributed by atoms with Crippen LogP contribution in [-0.4, -0.2) is 31.6 Å². The molecule has 194 valence electrons. The molecule has 0 spiro atoms. The first-order valence-corrected chi connectivity index (χ1v) is 12.9. The Labute approximate surface area is 218 Å². The summed E-state index contributed by atoms with van der Waals surface area (Å²) in [5.74, 6) is -0.363. The molecular formula is C30H35FN4O2. The van der Waals surface area contributed by atoms with Gasteiger partial charge in [-0.05, 0) is 74.4 Å². The minimum Gasteiger partial charge on any atom is -0.369 e. The number of aryl methyl sites for hydroxylation is 2. The van der Waals surface area contributed by atoms with Crippen molar-refractivity contribution < 1.29 is 14.0 Å². The van der Waals surface area contributed by atoms with Crippen molar-refractivity contribution in [2.45, 2.75) is 39.5 Å². The maximum atomic E-state index is 15.1. The number of likely N-dealkylation sites (N-methyl/N-ethyl adjacent to an activating group) is 1. The van der Waals surface area contributed by atoms with Crippen LogP contribution in [0.3, 0.4) is 0 Å². The van der Waals surface area contributed by atoms with Crippen LogP contribution in [0.2, 0.25) is 0 Å². The lowest BCUT2D eigenvalue weighted by molar-refractivity contribution is -0.123. The topological polar surface area (TPSA) is 73.5 Å². The fraction of sp³-hybridized carbons (Fsp3) is 0.333. The monoisotopic (exact) mass is 502 g/mol. The van der Waals surface area contributed by atoms with E-state index in [0.717, 1.165) is 35.2 Å². The molecule has 3 aromatic rings. The first-order valence-electron chi connectivity index (χ1n) is 12.9. The molecule has 1 heterocycles. The number of hydrogen-bond donors (Lipinski definition) is 3. The van der Waals surface area contributed by atoms with E-state index in [4.69, 9.17) is 0 Å². The van der Waals surface area contributed by atoms with Gasteiger partial charge in [-0.3, -0.25) is 4.79 Å². The van der Waals surface area contributed by atoms with Gasteiger partial charge in [0.25, 0.3) is 0 Å². The number of carbonyl (C=O) groups is 2. The molecule has 1 fully saturated rings. The van der Waals surface area contributed by atoms with Crippen LogP contribution in [0.4, 0.5) is 26.2 Å². The van der Waals surface area contributed by atoms with Crippen molar-refractivity contribution >= 4 is 29.0 Å². The van der Waals surface area contributed by atoms with Gasteiger partial charge in [0.2, 0.25) is 5.91 Å². The number of nitrogens with one attached hydrogen (secondary N) is 3. The molecule has 0 radical (unpaired) electrons. The number of piperidine rings is 1. The van der Waals surface area contributed by atoms with E-state index in [1.54, 1.807) is 12.1 Å². The van der Waals surface area contributed by atoms with Crippen LogP contribution in [0, 0.1) is 25.6 Å². The second kappa shape index (κ2) is 11.9. The molecule has 1 aliphatic heterocycles. The highest BCUT2D eigenvalue weighted by Crippen LogP contribution is 2.35. The van der Waals surface area contributed by atoms with Gasteiger partial charge in [0.1, 0.15) is 5.82 Å². The summed E-state index contributed by atoms with van der Waals surface area (Å²) in [6.07, 6.45) is 1.57. The first kappa shape index (κ1) is 26.2. The molecule has 37 heavy (non-hydrogen) atoms. The molecule has 1 saturated heterocycles. The number of amides is 3. The standard InChI is InChI=1S/C30H35FN4O2/c1-4-32-29(36)27(22-11-6-5-7-12-22)23-15-17-35(18-16-23)26-14-13-24(19-25(26)31)33-30(37)34-28-20(2)9-8-10-21(28)3/h5-14,19,23,27H,4,15-18H2,1-3H3,(H,32,36)(H2,33,34,37). The number of halogens is 1. The number of anilines is 3. The average Bonchev–Trinajstić information content (AvgIpc) is 2.88. The Morgan fingerprint density at radius 3 is 2.24 bits per heavy atom. The maximum absolute atomic E-state index is 15.1. The normalized spacial score (nSPS) is 14.6. The largest absolute Gasteiger partial charge is 0.369 e. The Morgan fingerprint density at radius 1 is 0.946 bits per heavy atom. The maximum Gasteiger partial charge on any atom is 0.323 e. The highest BCUT2D eigenvalue weighted by Gasteiger charge is 2.33. The number of hydrogen-bond acceptors (Lipinski definition) is 3. The first-order chi connectivity index (χ1) is 17.9. The molecule has 3 aromatic carbocycles. The van der Waals surface area contributed by atoms with Gasteiger partial charge >= 0.3 is 6.03 Å². The highest BCUT2D eigenvalue weighted by atomic mass is 19.1. The quantitative estimate of drug-likeness (QED) is 0.359. The molecular weight excluding hydrogens is 467 g/mol. The van der Waals surface area contributed by atoms with Crippen LogP contribution < -0.4 is 20.9 Å². The predicted octanol–water partition coefficient (Wildman–Crippen LogP) is 6.22. The fourth-order valence-corrected chi connectivity index (χ4v) is 5.18.